The molecule has 2 rings (SSSR count). The van der Waals surface area contributed by atoms with Gasteiger partial charge in [-0.3, -0.25) is 4.79 Å². The van der Waals surface area contributed by atoms with Crippen molar-refractivity contribution in [2.75, 3.05) is 32.7 Å². The van der Waals surface area contributed by atoms with Gasteiger partial charge in [-0.25, -0.2) is 0 Å². The summed E-state index contributed by atoms with van der Waals surface area (Å²) >= 11 is 0. The van der Waals surface area contributed by atoms with Crippen LogP contribution in [-0.2, 0) is 4.79 Å². The van der Waals surface area contributed by atoms with Crippen molar-refractivity contribution in [2.45, 2.75) is 26.7 Å². The summed E-state index contributed by atoms with van der Waals surface area (Å²) in [5.41, 5.74) is 0.309. The summed E-state index contributed by atoms with van der Waals surface area (Å²) in [7, 11) is 0. The molecule has 0 radical (unpaired) electrons. The predicted molar refractivity (Wildman–Crippen MR) is 56.0 cm³/mol. The maximum absolute atomic E-state index is 11.7. The molecule has 2 fully saturated rings. The molecule has 0 aromatic carbocycles. The zero-order chi connectivity index (χ0) is 10.2. The minimum Gasteiger partial charge on any atom is -0.342 e. The highest BCUT2D eigenvalue weighted by molar-refractivity contribution is 5.79. The number of hydrogen-bond donors (Lipinski definition) is 0. The Bertz CT molecular complexity index is 241. The molecule has 2 aliphatic rings. The van der Waals surface area contributed by atoms with Gasteiger partial charge in [0.15, 0.2) is 0 Å². The van der Waals surface area contributed by atoms with Crippen LogP contribution in [0.3, 0.4) is 0 Å². The summed E-state index contributed by atoms with van der Waals surface area (Å²) < 4.78 is 0. The van der Waals surface area contributed by atoms with E-state index in [9.17, 15) is 4.79 Å². The highest BCUT2D eigenvalue weighted by Gasteiger charge is 2.46. The minimum atomic E-state index is 0.309. The molecule has 2 heterocycles. The molecule has 2 aliphatic heterocycles. The maximum atomic E-state index is 11.7. The lowest BCUT2D eigenvalue weighted by atomic mass is 9.86. The fourth-order valence-corrected chi connectivity index (χ4v) is 2.84. The fourth-order valence-electron chi connectivity index (χ4n) is 2.84. The quantitative estimate of drug-likeness (QED) is 0.656. The van der Waals surface area contributed by atoms with Gasteiger partial charge in [-0.1, -0.05) is 6.92 Å². The van der Waals surface area contributed by atoms with Crippen LogP contribution in [-0.4, -0.2) is 48.4 Å². The van der Waals surface area contributed by atoms with Gasteiger partial charge in [0.1, 0.15) is 0 Å². The maximum Gasteiger partial charge on any atom is 0.223 e. The van der Waals surface area contributed by atoms with E-state index < -0.39 is 0 Å². The van der Waals surface area contributed by atoms with Gasteiger partial charge in [0.05, 0.1) is 0 Å². The molecule has 2 saturated heterocycles. The van der Waals surface area contributed by atoms with Crippen LogP contribution in [0.4, 0.5) is 0 Å². The third-order valence-electron chi connectivity index (χ3n) is 3.75. The van der Waals surface area contributed by atoms with Crippen molar-refractivity contribution in [2.24, 2.45) is 5.41 Å². The largest absolute Gasteiger partial charge is 0.342 e. The van der Waals surface area contributed by atoms with Crippen LogP contribution >= 0.6 is 0 Å². The van der Waals surface area contributed by atoms with Crippen molar-refractivity contribution in [1.82, 2.24) is 9.80 Å². The standard InChI is InChI=1S/C11H20N2O/c1-3-12-6-5-11(8-12)7-10(14)13(4-2)9-11/h3-9H2,1-2H3. The first kappa shape index (κ1) is 9.97. The van der Waals surface area contributed by atoms with E-state index in [0.29, 0.717) is 11.3 Å². The van der Waals surface area contributed by atoms with E-state index in [2.05, 4.69) is 18.7 Å². The Hall–Kier alpha value is -0.570. The number of carbonyl (C=O) groups excluding carboxylic acids is 1. The molecule has 80 valence electrons. The zero-order valence-electron chi connectivity index (χ0n) is 9.25. The second kappa shape index (κ2) is 3.54. The van der Waals surface area contributed by atoms with Crippen molar-refractivity contribution in [3.8, 4) is 0 Å². The molecule has 14 heavy (non-hydrogen) atoms. The third kappa shape index (κ3) is 1.54. The lowest BCUT2D eigenvalue weighted by molar-refractivity contribution is -0.127. The Morgan fingerprint density at radius 2 is 2.07 bits per heavy atom. The van der Waals surface area contributed by atoms with Crippen LogP contribution in [0.15, 0.2) is 0 Å². The molecule has 0 bridgehead atoms. The van der Waals surface area contributed by atoms with Crippen LogP contribution in [0.5, 0.6) is 0 Å². The van der Waals surface area contributed by atoms with Gasteiger partial charge in [0.2, 0.25) is 5.91 Å². The van der Waals surface area contributed by atoms with Crippen LogP contribution < -0.4 is 0 Å². The Balaban J connectivity index is 2.03. The average molecular weight is 196 g/mol. The molecule has 1 amide bonds. The van der Waals surface area contributed by atoms with Gasteiger partial charge < -0.3 is 9.80 Å². The molecule has 1 unspecified atom stereocenters. The Labute approximate surface area is 86.1 Å². The summed E-state index contributed by atoms with van der Waals surface area (Å²) in [5.74, 6) is 0.366. The van der Waals surface area contributed by atoms with Crippen LogP contribution in [0.1, 0.15) is 26.7 Å². The number of rotatable bonds is 2. The van der Waals surface area contributed by atoms with E-state index in [1.54, 1.807) is 0 Å². The van der Waals surface area contributed by atoms with Gasteiger partial charge in [0.25, 0.3) is 0 Å². The van der Waals surface area contributed by atoms with Crippen molar-refractivity contribution < 1.29 is 4.79 Å². The molecule has 1 atom stereocenters. The van der Waals surface area contributed by atoms with Crippen molar-refractivity contribution in [1.29, 1.82) is 0 Å². The van der Waals surface area contributed by atoms with E-state index in [0.717, 1.165) is 32.6 Å². The topological polar surface area (TPSA) is 23.6 Å². The summed E-state index contributed by atoms with van der Waals surface area (Å²) in [6.07, 6.45) is 2.00. The van der Waals surface area contributed by atoms with Gasteiger partial charge in [-0.15, -0.1) is 0 Å². The van der Waals surface area contributed by atoms with E-state index >= 15 is 0 Å². The number of amides is 1. The highest BCUT2D eigenvalue weighted by atomic mass is 16.2. The molecule has 1 spiro atoms. The van der Waals surface area contributed by atoms with Gasteiger partial charge in [0, 0.05) is 31.5 Å². The highest BCUT2D eigenvalue weighted by Crippen LogP contribution is 2.39. The van der Waals surface area contributed by atoms with Crippen molar-refractivity contribution in [3.63, 3.8) is 0 Å². The molecule has 3 nitrogen and oxygen atoms in total. The number of hydrogen-bond acceptors (Lipinski definition) is 2. The summed E-state index contributed by atoms with van der Waals surface area (Å²) in [6.45, 7) is 9.59. The van der Waals surface area contributed by atoms with Crippen LogP contribution in [0.25, 0.3) is 0 Å². The first-order chi connectivity index (χ1) is 6.69. The Morgan fingerprint density at radius 1 is 1.29 bits per heavy atom. The lowest BCUT2D eigenvalue weighted by Crippen LogP contribution is -2.31. The Morgan fingerprint density at radius 3 is 2.57 bits per heavy atom. The number of nitrogens with zero attached hydrogens (tertiary/aromatic N) is 2. The zero-order valence-corrected chi connectivity index (χ0v) is 9.25. The summed E-state index contributed by atoms with van der Waals surface area (Å²) in [4.78, 5) is 16.1. The molecule has 0 aromatic heterocycles. The first-order valence-electron chi connectivity index (χ1n) is 5.69. The SMILES string of the molecule is CCN1CCC2(CC(=O)N(CC)C2)C1. The second-order valence-corrected chi connectivity index (χ2v) is 4.70. The average Bonchev–Trinajstić information content (AvgIpc) is 2.71. The van der Waals surface area contributed by atoms with E-state index in [1.807, 2.05) is 4.90 Å². The molecule has 0 aliphatic carbocycles. The monoisotopic (exact) mass is 196 g/mol. The summed E-state index contributed by atoms with van der Waals surface area (Å²) in [6, 6.07) is 0. The van der Waals surface area contributed by atoms with E-state index in [1.165, 1.54) is 13.0 Å². The predicted octanol–water partition coefficient (Wildman–Crippen LogP) is 0.951. The van der Waals surface area contributed by atoms with Gasteiger partial charge in [-0.2, -0.15) is 0 Å². The molecule has 0 aromatic rings. The minimum absolute atomic E-state index is 0.309. The molecular formula is C11H20N2O. The Kier molecular flexibility index (Phi) is 2.52. The third-order valence-corrected chi connectivity index (χ3v) is 3.75. The molecule has 3 heteroatoms. The second-order valence-electron chi connectivity index (χ2n) is 4.70. The van der Waals surface area contributed by atoms with Gasteiger partial charge >= 0.3 is 0 Å². The molecular weight excluding hydrogens is 176 g/mol. The van der Waals surface area contributed by atoms with Crippen molar-refractivity contribution >= 4 is 5.91 Å². The van der Waals surface area contributed by atoms with Crippen molar-refractivity contribution in [3.05, 3.63) is 0 Å². The first-order valence-corrected chi connectivity index (χ1v) is 5.69. The normalized spacial score (nSPS) is 33.6. The lowest BCUT2D eigenvalue weighted by Gasteiger charge is -2.23. The van der Waals surface area contributed by atoms with E-state index in [-0.39, 0.29) is 0 Å². The smallest absolute Gasteiger partial charge is 0.223 e. The molecule has 0 saturated carbocycles. The molecule has 0 N–H and O–H groups in total. The fraction of sp³-hybridized carbons (Fsp3) is 0.909. The van der Waals surface area contributed by atoms with E-state index in [4.69, 9.17) is 0 Å². The van der Waals surface area contributed by atoms with Gasteiger partial charge in [-0.05, 0) is 26.4 Å². The summed E-state index contributed by atoms with van der Waals surface area (Å²) in [5, 5.41) is 0. The van der Waals surface area contributed by atoms with Crippen LogP contribution in [0, 0.1) is 5.41 Å². The van der Waals surface area contributed by atoms with Crippen LogP contribution in [0.2, 0.25) is 0 Å². The number of likely N-dealkylation sites (tertiary alicyclic amines) is 2. The number of carbonyl (C=O) groups is 1.